The minimum absolute atomic E-state index is 0.0538. The van der Waals surface area contributed by atoms with Gasteiger partial charge in [-0.25, -0.2) is 0 Å². The van der Waals surface area contributed by atoms with E-state index in [1.165, 1.54) is 0 Å². The third kappa shape index (κ3) is 3.71. The molecule has 0 unspecified atom stereocenters. The Labute approximate surface area is 117 Å². The summed E-state index contributed by atoms with van der Waals surface area (Å²) in [6.45, 7) is 0.0932. The third-order valence-corrected chi connectivity index (χ3v) is 3.85. The molecular formula is C15H20O5. The molecule has 0 bridgehead atoms. The lowest BCUT2D eigenvalue weighted by atomic mass is 9.79. The summed E-state index contributed by atoms with van der Waals surface area (Å²) < 4.78 is 5.58. The average molecular weight is 280 g/mol. The Morgan fingerprint density at radius 1 is 1.35 bits per heavy atom. The number of ether oxygens (including phenoxy) is 1. The molecule has 0 heterocycles. The highest BCUT2D eigenvalue weighted by Gasteiger charge is 2.36. The summed E-state index contributed by atoms with van der Waals surface area (Å²) in [5.41, 5.74) is -0.203. The Hall–Kier alpha value is -1.59. The molecule has 2 rings (SSSR count). The van der Waals surface area contributed by atoms with Crippen LogP contribution in [-0.2, 0) is 11.4 Å². The molecule has 3 N–H and O–H groups in total. The quantitative estimate of drug-likeness (QED) is 0.762. The van der Waals surface area contributed by atoms with Gasteiger partial charge < -0.3 is 20.1 Å². The Morgan fingerprint density at radius 3 is 2.65 bits per heavy atom. The predicted molar refractivity (Wildman–Crippen MR) is 72.4 cm³/mol. The lowest BCUT2D eigenvalue weighted by Crippen LogP contribution is -2.41. The van der Waals surface area contributed by atoms with Crippen molar-refractivity contribution in [3.63, 3.8) is 0 Å². The second-order valence-electron chi connectivity index (χ2n) is 5.43. The molecule has 0 atom stereocenters. The highest BCUT2D eigenvalue weighted by Crippen LogP contribution is 2.32. The summed E-state index contributed by atoms with van der Waals surface area (Å²) in [4.78, 5) is 10.9. The molecule has 0 aromatic heterocycles. The number of carbonyl (C=O) groups is 1. The molecule has 20 heavy (non-hydrogen) atoms. The topological polar surface area (TPSA) is 87.0 Å². The van der Waals surface area contributed by atoms with E-state index < -0.39 is 11.6 Å². The molecule has 1 aliphatic carbocycles. The maximum atomic E-state index is 10.9. The second kappa shape index (κ2) is 6.24. The summed E-state index contributed by atoms with van der Waals surface area (Å²) in [7, 11) is 0. The zero-order valence-electron chi connectivity index (χ0n) is 11.3. The van der Waals surface area contributed by atoms with Crippen LogP contribution in [-0.4, -0.2) is 33.5 Å². The van der Waals surface area contributed by atoms with Crippen LogP contribution in [0.15, 0.2) is 24.3 Å². The van der Waals surface area contributed by atoms with Crippen molar-refractivity contribution < 1.29 is 24.9 Å². The maximum Gasteiger partial charge on any atom is 0.306 e. The van der Waals surface area contributed by atoms with Crippen molar-refractivity contribution in [3.8, 4) is 5.75 Å². The van der Waals surface area contributed by atoms with Crippen LogP contribution in [0.3, 0.4) is 0 Å². The smallest absolute Gasteiger partial charge is 0.306 e. The van der Waals surface area contributed by atoms with Crippen LogP contribution >= 0.6 is 0 Å². The molecule has 0 aliphatic heterocycles. The zero-order valence-corrected chi connectivity index (χ0v) is 11.3. The lowest BCUT2D eigenvalue weighted by molar-refractivity contribution is -0.145. The first-order chi connectivity index (χ1) is 9.52. The fourth-order valence-electron chi connectivity index (χ4n) is 2.50. The minimum atomic E-state index is -0.957. The number of aliphatic carboxylic acids is 1. The molecule has 5 heteroatoms. The van der Waals surface area contributed by atoms with Crippen molar-refractivity contribution in [2.24, 2.45) is 5.92 Å². The molecule has 1 aromatic rings. The molecule has 110 valence electrons. The maximum absolute atomic E-state index is 10.9. The fraction of sp³-hybridized carbons (Fsp3) is 0.533. The van der Waals surface area contributed by atoms with Crippen molar-refractivity contribution in [2.45, 2.75) is 37.9 Å². The van der Waals surface area contributed by atoms with Gasteiger partial charge in [-0.2, -0.15) is 0 Å². The summed E-state index contributed by atoms with van der Waals surface area (Å²) in [6.07, 6.45) is 1.82. The summed E-state index contributed by atoms with van der Waals surface area (Å²) in [6, 6.07) is 7.07. The van der Waals surface area contributed by atoms with Crippen molar-refractivity contribution in [3.05, 3.63) is 29.8 Å². The largest absolute Gasteiger partial charge is 0.491 e. The molecular weight excluding hydrogens is 260 g/mol. The van der Waals surface area contributed by atoms with Gasteiger partial charge in [0.2, 0.25) is 0 Å². The summed E-state index contributed by atoms with van der Waals surface area (Å²) in [5.74, 6) is -0.540. The monoisotopic (exact) mass is 280 g/mol. The summed E-state index contributed by atoms with van der Waals surface area (Å²) in [5, 5.41) is 28.4. The first-order valence-electron chi connectivity index (χ1n) is 6.80. The van der Waals surface area contributed by atoms with Crippen molar-refractivity contribution in [1.29, 1.82) is 0 Å². The van der Waals surface area contributed by atoms with Gasteiger partial charge in [0.1, 0.15) is 12.4 Å². The van der Waals surface area contributed by atoms with Crippen LogP contribution in [0.25, 0.3) is 0 Å². The molecule has 0 saturated heterocycles. The van der Waals surface area contributed by atoms with Gasteiger partial charge in [0.25, 0.3) is 0 Å². The van der Waals surface area contributed by atoms with Gasteiger partial charge in [-0.15, -0.1) is 0 Å². The van der Waals surface area contributed by atoms with E-state index in [4.69, 9.17) is 14.9 Å². The van der Waals surface area contributed by atoms with E-state index in [9.17, 15) is 9.90 Å². The Bertz CT molecular complexity index is 463. The van der Waals surface area contributed by atoms with E-state index in [0.29, 0.717) is 31.4 Å². The Kier molecular flexibility index (Phi) is 4.62. The molecule has 0 radical (unpaired) electrons. The first kappa shape index (κ1) is 14.8. The molecule has 1 aliphatic rings. The number of benzene rings is 1. The highest BCUT2D eigenvalue weighted by atomic mass is 16.5. The average Bonchev–Trinajstić information content (AvgIpc) is 2.46. The van der Waals surface area contributed by atoms with Gasteiger partial charge >= 0.3 is 5.97 Å². The molecule has 1 aromatic carbocycles. The van der Waals surface area contributed by atoms with Crippen LogP contribution in [0.2, 0.25) is 0 Å². The van der Waals surface area contributed by atoms with Crippen LogP contribution in [0, 0.1) is 5.92 Å². The molecule has 5 nitrogen and oxygen atoms in total. The van der Waals surface area contributed by atoms with E-state index in [1.807, 2.05) is 0 Å². The van der Waals surface area contributed by atoms with Crippen LogP contribution in [0.5, 0.6) is 5.75 Å². The van der Waals surface area contributed by atoms with E-state index in [1.54, 1.807) is 24.3 Å². The van der Waals surface area contributed by atoms with Crippen LogP contribution in [0.1, 0.15) is 31.2 Å². The van der Waals surface area contributed by atoms with E-state index >= 15 is 0 Å². The van der Waals surface area contributed by atoms with Gasteiger partial charge in [-0.1, -0.05) is 12.1 Å². The Balaban J connectivity index is 1.88. The number of rotatable bonds is 5. The first-order valence-corrected chi connectivity index (χ1v) is 6.80. The fourth-order valence-corrected chi connectivity index (χ4v) is 2.50. The van der Waals surface area contributed by atoms with Gasteiger partial charge in [-0.3, -0.25) is 4.79 Å². The number of hydrogen-bond acceptors (Lipinski definition) is 4. The highest BCUT2D eigenvalue weighted by molar-refractivity contribution is 5.70. The molecule has 1 fully saturated rings. The van der Waals surface area contributed by atoms with Gasteiger partial charge in [0.15, 0.2) is 0 Å². The molecule has 0 spiro atoms. The van der Waals surface area contributed by atoms with Gasteiger partial charge in [0.05, 0.1) is 18.1 Å². The van der Waals surface area contributed by atoms with Gasteiger partial charge in [0, 0.05) is 0 Å². The standard InChI is InChI=1S/C15H20O5/c16-9-11-2-1-3-13(8-11)20-10-15(19)6-4-12(5-7-15)14(17)18/h1-3,8,12,16,19H,4-7,9-10H2,(H,17,18). The number of carboxylic acids is 1. The van der Waals surface area contributed by atoms with Gasteiger partial charge in [-0.05, 0) is 43.4 Å². The van der Waals surface area contributed by atoms with Crippen molar-refractivity contribution in [2.75, 3.05) is 6.61 Å². The SMILES string of the molecule is O=C(O)C1CCC(O)(COc2cccc(CO)c2)CC1. The van der Waals surface area contributed by atoms with E-state index in [2.05, 4.69) is 0 Å². The predicted octanol–water partition coefficient (Wildman–Crippen LogP) is 1.56. The van der Waals surface area contributed by atoms with Crippen molar-refractivity contribution >= 4 is 5.97 Å². The van der Waals surface area contributed by atoms with E-state index in [0.717, 1.165) is 5.56 Å². The zero-order chi connectivity index (χ0) is 14.6. The van der Waals surface area contributed by atoms with E-state index in [-0.39, 0.29) is 19.1 Å². The van der Waals surface area contributed by atoms with Crippen LogP contribution < -0.4 is 4.74 Å². The molecule has 1 saturated carbocycles. The van der Waals surface area contributed by atoms with Crippen molar-refractivity contribution in [1.82, 2.24) is 0 Å². The number of aliphatic hydroxyl groups excluding tert-OH is 1. The third-order valence-electron chi connectivity index (χ3n) is 3.85. The lowest BCUT2D eigenvalue weighted by Gasteiger charge is -2.34. The second-order valence-corrected chi connectivity index (χ2v) is 5.43. The normalized spacial score (nSPS) is 26.2. The molecule has 0 amide bonds. The summed E-state index contributed by atoms with van der Waals surface area (Å²) >= 11 is 0. The number of hydrogen-bond donors (Lipinski definition) is 3. The number of aliphatic hydroxyl groups is 2. The Morgan fingerprint density at radius 2 is 2.05 bits per heavy atom. The number of carboxylic acid groups (broad SMARTS) is 1. The van der Waals surface area contributed by atoms with Crippen LogP contribution in [0.4, 0.5) is 0 Å². The minimum Gasteiger partial charge on any atom is -0.491 e.